The molecular weight excluding hydrogens is 458 g/mol. The van der Waals surface area contributed by atoms with Crippen LogP contribution in [-0.4, -0.2) is 61.8 Å². The van der Waals surface area contributed by atoms with Gasteiger partial charge in [0.25, 0.3) is 5.91 Å². The molecule has 11 heteroatoms. The van der Waals surface area contributed by atoms with Gasteiger partial charge in [0, 0.05) is 17.3 Å². The summed E-state index contributed by atoms with van der Waals surface area (Å²) in [4.78, 5) is 51.1. The third-order valence-corrected chi connectivity index (χ3v) is 5.69. The van der Waals surface area contributed by atoms with Crippen molar-refractivity contribution in [1.82, 2.24) is 10.2 Å². The predicted octanol–water partition coefficient (Wildman–Crippen LogP) is 3.01. The lowest BCUT2D eigenvalue weighted by molar-refractivity contribution is -0.149. The van der Waals surface area contributed by atoms with E-state index >= 15 is 0 Å². The molecule has 0 aliphatic carbocycles. The fourth-order valence-corrected chi connectivity index (χ4v) is 3.70. The Morgan fingerprint density at radius 2 is 1.94 bits per heavy atom. The number of benzene rings is 1. The van der Waals surface area contributed by atoms with Gasteiger partial charge in [0.15, 0.2) is 5.78 Å². The maximum atomic E-state index is 12.6. The SMILES string of the molecule is CC(C)C[C@H](CC(=O)CNC(=O)c1cc(Cl)ccc1Cl)B1OC(=O)CN(C)[C@H](C)C(=O)O1. The van der Waals surface area contributed by atoms with E-state index in [2.05, 4.69) is 5.32 Å². The zero-order chi connectivity index (χ0) is 24.0. The van der Waals surface area contributed by atoms with Crippen LogP contribution in [0.25, 0.3) is 0 Å². The third-order valence-electron chi connectivity index (χ3n) is 5.13. The van der Waals surface area contributed by atoms with Crippen molar-refractivity contribution in [2.24, 2.45) is 5.92 Å². The van der Waals surface area contributed by atoms with E-state index in [1.54, 1.807) is 20.0 Å². The molecule has 8 nitrogen and oxygen atoms in total. The molecule has 0 aromatic heterocycles. The number of carbonyl (C=O) groups is 4. The van der Waals surface area contributed by atoms with Gasteiger partial charge in [-0.1, -0.05) is 37.0 Å². The van der Waals surface area contributed by atoms with Crippen molar-refractivity contribution in [2.45, 2.75) is 45.5 Å². The van der Waals surface area contributed by atoms with Crippen molar-refractivity contribution in [3.05, 3.63) is 33.8 Å². The number of carbonyl (C=O) groups excluding carboxylic acids is 4. The van der Waals surface area contributed by atoms with Crippen molar-refractivity contribution >= 4 is 53.9 Å². The molecule has 1 aliphatic heterocycles. The van der Waals surface area contributed by atoms with Crippen LogP contribution < -0.4 is 5.32 Å². The summed E-state index contributed by atoms with van der Waals surface area (Å²) in [6.07, 6.45) is 0.437. The average Bonchev–Trinajstić information content (AvgIpc) is 2.71. The molecule has 1 heterocycles. The van der Waals surface area contributed by atoms with Gasteiger partial charge in [-0.05, 0) is 44.5 Å². The van der Waals surface area contributed by atoms with Crippen LogP contribution in [0.4, 0.5) is 0 Å². The molecule has 0 radical (unpaired) electrons. The summed E-state index contributed by atoms with van der Waals surface area (Å²) in [6.45, 7) is 5.21. The molecule has 32 heavy (non-hydrogen) atoms. The average molecular weight is 485 g/mol. The summed E-state index contributed by atoms with van der Waals surface area (Å²) in [5.41, 5.74) is 0.159. The molecule has 1 saturated heterocycles. The van der Waals surface area contributed by atoms with E-state index in [9.17, 15) is 19.2 Å². The van der Waals surface area contributed by atoms with Crippen molar-refractivity contribution in [2.75, 3.05) is 20.1 Å². The van der Waals surface area contributed by atoms with E-state index in [4.69, 9.17) is 32.5 Å². The lowest BCUT2D eigenvalue weighted by Crippen LogP contribution is -2.49. The number of amides is 1. The van der Waals surface area contributed by atoms with Gasteiger partial charge in [-0.15, -0.1) is 0 Å². The Morgan fingerprint density at radius 1 is 1.25 bits per heavy atom. The van der Waals surface area contributed by atoms with E-state index in [1.165, 1.54) is 17.0 Å². The maximum absolute atomic E-state index is 12.6. The summed E-state index contributed by atoms with van der Waals surface area (Å²) in [5, 5.41) is 3.08. The largest absolute Gasteiger partial charge is 0.602 e. The molecule has 1 aromatic rings. The van der Waals surface area contributed by atoms with Gasteiger partial charge in [-0.2, -0.15) is 0 Å². The standard InChI is InChI=1S/C21H27BCl2N2O6/c1-12(2)7-14(22-31-19(28)11-26(4)13(3)21(30)32-22)8-16(27)10-25-20(29)17-9-15(23)5-6-18(17)24/h5-6,9,12-14H,7-8,10-11H2,1-4H3,(H,25,29)/t13-,14-/m1/s1. The number of nitrogens with one attached hydrogen (secondary N) is 1. The molecule has 1 fully saturated rings. The minimum absolute atomic E-state index is 0.0445. The molecule has 2 atom stereocenters. The minimum Gasteiger partial charge on any atom is -0.498 e. The van der Waals surface area contributed by atoms with Gasteiger partial charge in [0.1, 0.15) is 6.04 Å². The van der Waals surface area contributed by atoms with Crippen LogP contribution in [0.2, 0.25) is 15.9 Å². The van der Waals surface area contributed by atoms with E-state index in [0.29, 0.717) is 11.4 Å². The normalized spacial score (nSPS) is 18.5. The Labute approximate surface area is 198 Å². The zero-order valence-electron chi connectivity index (χ0n) is 18.5. The third kappa shape index (κ3) is 7.50. The summed E-state index contributed by atoms with van der Waals surface area (Å²) in [7, 11) is 0.452. The summed E-state index contributed by atoms with van der Waals surface area (Å²) in [5.74, 6) is -2.31. The molecular formula is C21H27BCl2N2O6. The second-order valence-corrected chi connectivity index (χ2v) is 9.17. The number of ketones is 1. The number of hydrogen-bond acceptors (Lipinski definition) is 7. The van der Waals surface area contributed by atoms with Gasteiger partial charge in [0.05, 0.1) is 23.7 Å². The number of likely N-dealkylation sites (N-methyl/N-ethyl adjacent to an activating group) is 1. The highest BCUT2D eigenvalue weighted by Crippen LogP contribution is 2.28. The quantitative estimate of drug-likeness (QED) is 0.565. The van der Waals surface area contributed by atoms with Crippen LogP contribution in [0.15, 0.2) is 18.2 Å². The van der Waals surface area contributed by atoms with Crippen LogP contribution in [0.1, 0.15) is 44.0 Å². The van der Waals surface area contributed by atoms with Crippen LogP contribution >= 0.6 is 23.2 Å². The second kappa shape index (κ2) is 11.7. The molecule has 1 N–H and O–H groups in total. The smallest absolute Gasteiger partial charge is 0.498 e. The molecule has 0 spiro atoms. The van der Waals surface area contributed by atoms with E-state index in [1.807, 2.05) is 13.8 Å². The van der Waals surface area contributed by atoms with Crippen LogP contribution in [0.3, 0.4) is 0 Å². The fraction of sp³-hybridized carbons (Fsp3) is 0.524. The van der Waals surface area contributed by atoms with Crippen molar-refractivity contribution in [3.8, 4) is 0 Å². The highest BCUT2D eigenvalue weighted by atomic mass is 35.5. The van der Waals surface area contributed by atoms with Gasteiger partial charge >= 0.3 is 19.1 Å². The number of Topliss-reactive ketones (excluding diaryl/α,β-unsaturated/α-hetero) is 1. The molecule has 0 saturated carbocycles. The first-order valence-electron chi connectivity index (χ1n) is 10.3. The monoisotopic (exact) mass is 484 g/mol. The van der Waals surface area contributed by atoms with Crippen LogP contribution in [-0.2, 0) is 23.7 Å². The molecule has 1 amide bonds. The highest BCUT2D eigenvalue weighted by Gasteiger charge is 2.42. The van der Waals surface area contributed by atoms with Gasteiger partial charge in [-0.3, -0.25) is 24.1 Å². The molecule has 0 bridgehead atoms. The first-order valence-corrected chi connectivity index (χ1v) is 11.1. The van der Waals surface area contributed by atoms with Crippen molar-refractivity contribution < 1.29 is 28.5 Å². The molecule has 0 unspecified atom stereocenters. The van der Waals surface area contributed by atoms with E-state index in [0.717, 1.165) is 0 Å². The van der Waals surface area contributed by atoms with Crippen molar-refractivity contribution in [1.29, 1.82) is 0 Å². The van der Waals surface area contributed by atoms with Gasteiger partial charge in [-0.25, -0.2) is 0 Å². The number of halogens is 2. The number of nitrogens with zero attached hydrogens (tertiary/aromatic N) is 1. The predicted molar refractivity (Wildman–Crippen MR) is 122 cm³/mol. The minimum atomic E-state index is -1.17. The zero-order valence-corrected chi connectivity index (χ0v) is 20.0. The van der Waals surface area contributed by atoms with Crippen LogP contribution in [0, 0.1) is 5.92 Å². The maximum Gasteiger partial charge on any atom is 0.602 e. The Balaban J connectivity index is 2.06. The van der Waals surface area contributed by atoms with Gasteiger partial charge < -0.3 is 14.6 Å². The van der Waals surface area contributed by atoms with E-state index < -0.39 is 36.8 Å². The molecule has 2 rings (SSSR count). The van der Waals surface area contributed by atoms with Crippen LogP contribution in [0.5, 0.6) is 0 Å². The van der Waals surface area contributed by atoms with E-state index in [-0.39, 0.29) is 41.8 Å². The number of hydrogen-bond donors (Lipinski definition) is 1. The lowest BCUT2D eigenvalue weighted by atomic mass is 9.65. The summed E-state index contributed by atoms with van der Waals surface area (Å²) in [6, 6.07) is 3.84. The Hall–Kier alpha value is -2.10. The summed E-state index contributed by atoms with van der Waals surface area (Å²) >= 11 is 11.9. The Bertz CT molecular complexity index is 882. The van der Waals surface area contributed by atoms with Gasteiger partial charge in [0.2, 0.25) is 0 Å². The molecule has 174 valence electrons. The fourth-order valence-electron chi connectivity index (χ4n) is 3.32. The topological polar surface area (TPSA) is 102 Å². The second-order valence-electron chi connectivity index (χ2n) is 8.33. The Morgan fingerprint density at radius 3 is 2.59 bits per heavy atom. The Kier molecular flexibility index (Phi) is 9.55. The summed E-state index contributed by atoms with van der Waals surface area (Å²) < 4.78 is 10.8. The first kappa shape index (κ1) is 26.2. The lowest BCUT2D eigenvalue weighted by Gasteiger charge is -2.30. The highest BCUT2D eigenvalue weighted by molar-refractivity contribution is 6.51. The molecule has 1 aliphatic rings. The number of rotatable bonds is 8. The first-order chi connectivity index (χ1) is 15.0. The van der Waals surface area contributed by atoms with Crippen molar-refractivity contribution in [3.63, 3.8) is 0 Å². The molecule has 1 aromatic carbocycles.